The summed E-state index contributed by atoms with van der Waals surface area (Å²) in [4.78, 5) is 29.8. The minimum atomic E-state index is -0.327. The van der Waals surface area contributed by atoms with Crippen LogP contribution in [0.5, 0.6) is 5.75 Å². The molecule has 0 N–H and O–H groups in total. The first-order valence-electron chi connectivity index (χ1n) is 14.5. The fourth-order valence-corrected chi connectivity index (χ4v) is 8.03. The molecule has 6 nitrogen and oxygen atoms in total. The molecular weight excluding hydrogens is 500 g/mol. The average Bonchev–Trinajstić information content (AvgIpc) is 3.26. The zero-order chi connectivity index (χ0) is 28.0. The van der Waals surface area contributed by atoms with Crippen LogP contribution in [0, 0.1) is 23.7 Å². The Balaban J connectivity index is 1.34. The van der Waals surface area contributed by atoms with Crippen LogP contribution in [0.1, 0.15) is 56.7 Å². The van der Waals surface area contributed by atoms with Crippen molar-refractivity contribution in [2.45, 2.75) is 70.1 Å². The molecule has 2 aromatic carbocycles. The van der Waals surface area contributed by atoms with Gasteiger partial charge >= 0.3 is 5.97 Å². The molecule has 0 unspecified atom stereocenters. The number of hydrogen-bond donors (Lipinski definition) is 0. The molecule has 2 aliphatic carbocycles. The number of hydrogen-bond acceptors (Lipinski definition) is 5. The third-order valence-corrected chi connectivity index (χ3v) is 9.28. The Hall–Kier alpha value is -3.56. The van der Waals surface area contributed by atoms with Crippen LogP contribution in [0.15, 0.2) is 60.9 Å². The smallest absolute Gasteiger partial charge is 0.307 e. The lowest BCUT2D eigenvalue weighted by Gasteiger charge is -2.60. The first-order valence-corrected chi connectivity index (χ1v) is 14.5. The van der Waals surface area contributed by atoms with E-state index in [1.165, 1.54) is 18.1 Å². The number of amides is 1. The van der Waals surface area contributed by atoms with E-state index in [0.717, 1.165) is 43.5 Å². The first-order chi connectivity index (χ1) is 19.3. The summed E-state index contributed by atoms with van der Waals surface area (Å²) in [6, 6.07) is 16.4. The van der Waals surface area contributed by atoms with Gasteiger partial charge < -0.3 is 14.4 Å². The third-order valence-electron chi connectivity index (χ3n) is 9.28. The van der Waals surface area contributed by atoms with E-state index in [2.05, 4.69) is 55.4 Å². The second-order valence-corrected chi connectivity index (χ2v) is 12.2. The number of carbonyl (C=O) groups is 2. The van der Waals surface area contributed by atoms with Gasteiger partial charge in [0.2, 0.25) is 0 Å². The maximum Gasteiger partial charge on any atom is 0.307 e. The Bertz CT molecular complexity index is 1390. The Morgan fingerprint density at radius 1 is 1.18 bits per heavy atom. The molecule has 40 heavy (non-hydrogen) atoms. The molecule has 2 aromatic rings. The van der Waals surface area contributed by atoms with Crippen molar-refractivity contribution in [3.63, 3.8) is 0 Å². The molecular formula is C34H38N2O4. The van der Waals surface area contributed by atoms with Gasteiger partial charge in [0.25, 0.3) is 5.91 Å². The van der Waals surface area contributed by atoms with Gasteiger partial charge in [-0.3, -0.25) is 14.5 Å². The summed E-state index contributed by atoms with van der Waals surface area (Å²) < 4.78 is 12.2. The molecule has 208 valence electrons. The van der Waals surface area contributed by atoms with Crippen molar-refractivity contribution >= 4 is 11.9 Å². The van der Waals surface area contributed by atoms with Gasteiger partial charge in [0.1, 0.15) is 17.6 Å². The molecule has 0 radical (unpaired) electrons. The molecule has 2 heterocycles. The lowest BCUT2D eigenvalue weighted by Crippen LogP contribution is -2.69. The van der Waals surface area contributed by atoms with Crippen molar-refractivity contribution < 1.29 is 19.1 Å². The maximum absolute atomic E-state index is 13.7. The van der Waals surface area contributed by atoms with Gasteiger partial charge in [-0.2, -0.15) is 0 Å². The van der Waals surface area contributed by atoms with E-state index in [1.54, 1.807) is 0 Å². The zero-order valence-corrected chi connectivity index (χ0v) is 23.7. The lowest BCUT2D eigenvalue weighted by atomic mass is 9.51. The van der Waals surface area contributed by atoms with Gasteiger partial charge in [-0.15, -0.1) is 0 Å². The summed E-state index contributed by atoms with van der Waals surface area (Å²) in [5.41, 5.74) is 3.42. The number of benzene rings is 2. The number of piperidine rings is 1. The van der Waals surface area contributed by atoms with Gasteiger partial charge in [-0.25, -0.2) is 0 Å². The van der Waals surface area contributed by atoms with Crippen molar-refractivity contribution in [3.8, 4) is 17.6 Å². The van der Waals surface area contributed by atoms with Crippen LogP contribution in [0.4, 0.5) is 0 Å². The number of esters is 1. The van der Waals surface area contributed by atoms with Crippen LogP contribution in [0.3, 0.4) is 0 Å². The summed E-state index contributed by atoms with van der Waals surface area (Å²) in [7, 11) is 0. The highest BCUT2D eigenvalue weighted by Gasteiger charge is 2.66. The fraction of sp³-hybridized carbons (Fsp3) is 0.471. The highest BCUT2D eigenvalue weighted by Crippen LogP contribution is 2.62. The Labute approximate surface area is 237 Å². The highest BCUT2D eigenvalue weighted by molar-refractivity contribution is 5.94. The fourth-order valence-electron chi connectivity index (χ4n) is 8.03. The molecule has 6 rings (SSSR count). The number of likely N-dealkylation sites (tertiary alicyclic amines) is 1. The van der Waals surface area contributed by atoms with Gasteiger partial charge in [0.15, 0.2) is 0 Å². The number of rotatable bonds is 6. The molecule has 5 atom stereocenters. The third kappa shape index (κ3) is 4.51. The van der Waals surface area contributed by atoms with Crippen LogP contribution in [0.25, 0.3) is 0 Å². The topological polar surface area (TPSA) is 59.1 Å². The molecule has 2 fully saturated rings. The molecule has 1 saturated carbocycles. The quantitative estimate of drug-likeness (QED) is 0.303. The summed E-state index contributed by atoms with van der Waals surface area (Å²) in [6.45, 7) is 11.8. The number of carbonyl (C=O) groups excluding carboxylic acids is 2. The van der Waals surface area contributed by atoms with E-state index < -0.39 is 0 Å². The SMILES string of the molecule is C=C(CN1CC[C@]23c4c5cccc4O[C@H]2[C@@H](N(CC(C)C)C(=O)C#Cc2ccccc2)CC[C@H]3[C@H]1C5)OC(C)=O. The molecule has 4 aliphatic rings. The zero-order valence-electron chi connectivity index (χ0n) is 23.7. The largest absolute Gasteiger partial charge is 0.487 e. The van der Waals surface area contributed by atoms with Crippen LogP contribution in [-0.2, 0) is 26.2 Å². The Morgan fingerprint density at radius 3 is 2.73 bits per heavy atom. The monoisotopic (exact) mass is 538 g/mol. The Kier molecular flexibility index (Phi) is 6.96. The molecule has 0 aromatic heterocycles. The minimum Gasteiger partial charge on any atom is -0.487 e. The predicted octanol–water partition coefficient (Wildman–Crippen LogP) is 4.71. The molecule has 6 heteroatoms. The normalized spacial score (nSPS) is 27.6. The van der Waals surface area contributed by atoms with E-state index in [1.807, 2.05) is 35.2 Å². The van der Waals surface area contributed by atoms with E-state index in [0.29, 0.717) is 36.7 Å². The lowest BCUT2D eigenvalue weighted by molar-refractivity contribution is -0.140. The molecule has 2 bridgehead atoms. The molecule has 1 saturated heterocycles. The number of nitrogens with zero attached hydrogens (tertiary/aromatic N) is 2. The van der Waals surface area contributed by atoms with Gasteiger partial charge in [0, 0.05) is 42.0 Å². The average molecular weight is 539 g/mol. The maximum atomic E-state index is 13.7. The van der Waals surface area contributed by atoms with Gasteiger partial charge in [0.05, 0.1) is 12.6 Å². The van der Waals surface area contributed by atoms with Crippen molar-refractivity contribution in [1.82, 2.24) is 9.80 Å². The van der Waals surface area contributed by atoms with Crippen molar-refractivity contribution in [2.24, 2.45) is 11.8 Å². The van der Waals surface area contributed by atoms with Crippen LogP contribution in [0.2, 0.25) is 0 Å². The van der Waals surface area contributed by atoms with E-state index in [4.69, 9.17) is 9.47 Å². The minimum absolute atomic E-state index is 0.0437. The van der Waals surface area contributed by atoms with E-state index in [-0.39, 0.29) is 29.4 Å². The van der Waals surface area contributed by atoms with Crippen LogP contribution in [-0.4, -0.2) is 59.5 Å². The van der Waals surface area contributed by atoms with Crippen LogP contribution >= 0.6 is 0 Å². The van der Waals surface area contributed by atoms with E-state index in [9.17, 15) is 9.59 Å². The molecule has 1 amide bonds. The summed E-state index contributed by atoms with van der Waals surface area (Å²) in [6.07, 6.45) is 3.66. The first kappa shape index (κ1) is 26.7. The second-order valence-electron chi connectivity index (χ2n) is 12.2. The van der Waals surface area contributed by atoms with Gasteiger partial charge in [-0.1, -0.05) is 56.7 Å². The van der Waals surface area contributed by atoms with Crippen molar-refractivity contribution in [1.29, 1.82) is 0 Å². The standard InChI is InChI=1S/C34H38N2O4/c1-22(2)20-36(31(38)16-13-25-9-6-5-7-10-25)28-15-14-27-29-19-26-11-8-12-30-32(26)34(27,33(28)40-30)17-18-35(29)21-23(3)39-24(4)37/h5-12,22,27-29,33H,3,14-15,17-21H2,1-2,4H3/t27-,28-,29+,33-,34-/m0/s1. The Morgan fingerprint density at radius 2 is 1.98 bits per heavy atom. The summed E-state index contributed by atoms with van der Waals surface area (Å²) >= 11 is 0. The van der Waals surface area contributed by atoms with Gasteiger partial charge in [-0.05, 0) is 67.8 Å². The van der Waals surface area contributed by atoms with Crippen molar-refractivity contribution in [3.05, 3.63) is 77.6 Å². The number of ether oxygens (including phenoxy) is 2. The predicted molar refractivity (Wildman–Crippen MR) is 154 cm³/mol. The molecule has 2 aliphatic heterocycles. The second kappa shape index (κ2) is 10.4. The van der Waals surface area contributed by atoms with Crippen LogP contribution < -0.4 is 4.74 Å². The molecule has 1 spiro atoms. The van der Waals surface area contributed by atoms with E-state index >= 15 is 0 Å². The highest BCUT2D eigenvalue weighted by atomic mass is 16.5. The summed E-state index contributed by atoms with van der Waals surface area (Å²) in [5.74, 6) is 7.80. The summed E-state index contributed by atoms with van der Waals surface area (Å²) in [5, 5.41) is 0. The van der Waals surface area contributed by atoms with Crippen molar-refractivity contribution in [2.75, 3.05) is 19.6 Å².